The molecule has 0 amide bonds. The van der Waals surface area contributed by atoms with Gasteiger partial charge in [0.25, 0.3) is 0 Å². The molecular formula is C10H14BrN3. The lowest BCUT2D eigenvalue weighted by Gasteiger charge is -2.11. The van der Waals surface area contributed by atoms with E-state index in [4.69, 9.17) is 5.73 Å². The number of nitrogens with two attached hydrogens (primary N) is 1. The van der Waals surface area contributed by atoms with E-state index < -0.39 is 0 Å². The van der Waals surface area contributed by atoms with Gasteiger partial charge in [-0.2, -0.15) is 0 Å². The van der Waals surface area contributed by atoms with Gasteiger partial charge in [0.05, 0.1) is 11.9 Å². The van der Waals surface area contributed by atoms with Crippen LogP contribution >= 0.6 is 15.9 Å². The number of hydrogen-bond donors (Lipinski definition) is 1. The first-order valence-electron chi connectivity index (χ1n) is 4.44. The molecule has 2 N–H and O–H groups in total. The zero-order valence-corrected chi connectivity index (χ0v) is 10.2. The normalized spacial score (nSPS) is 12.2. The maximum absolute atomic E-state index is 5.84. The highest BCUT2D eigenvalue weighted by Gasteiger charge is 2.11. The Morgan fingerprint density at radius 3 is 2.71 bits per heavy atom. The number of rotatable bonds is 2. The average Bonchev–Trinajstić information content (AvgIpc) is 2.11. The Labute approximate surface area is 92.6 Å². The summed E-state index contributed by atoms with van der Waals surface area (Å²) in [5.41, 5.74) is 8.48. The molecule has 0 aliphatic heterocycles. The average molecular weight is 256 g/mol. The van der Waals surface area contributed by atoms with Crippen molar-refractivity contribution >= 4 is 27.3 Å². The van der Waals surface area contributed by atoms with Crippen molar-refractivity contribution in [3.63, 3.8) is 0 Å². The van der Waals surface area contributed by atoms with Gasteiger partial charge in [-0.25, -0.2) is 4.98 Å². The van der Waals surface area contributed by atoms with E-state index in [1.54, 1.807) is 13.2 Å². The molecular weight excluding hydrogens is 242 g/mol. The molecule has 4 heteroatoms. The Balaban J connectivity index is 3.23. The van der Waals surface area contributed by atoms with Crippen LogP contribution in [0.2, 0.25) is 0 Å². The number of hydrogen-bond acceptors (Lipinski definition) is 3. The number of aromatic nitrogens is 1. The third-order valence-corrected chi connectivity index (χ3v) is 2.40. The number of pyridine rings is 1. The summed E-state index contributed by atoms with van der Waals surface area (Å²) < 4.78 is 0.781. The van der Waals surface area contributed by atoms with E-state index in [-0.39, 0.29) is 0 Å². The van der Waals surface area contributed by atoms with Crippen molar-refractivity contribution in [2.24, 2.45) is 10.9 Å². The fourth-order valence-electron chi connectivity index (χ4n) is 1.35. The first-order chi connectivity index (χ1) is 6.56. The van der Waals surface area contributed by atoms with Gasteiger partial charge in [-0.05, 0) is 27.9 Å². The van der Waals surface area contributed by atoms with Crippen LogP contribution in [0.1, 0.15) is 19.4 Å². The number of anilines is 1. The first-order valence-corrected chi connectivity index (χ1v) is 5.23. The molecule has 0 aliphatic carbocycles. The molecule has 1 rings (SSSR count). The Bertz CT molecular complexity index is 358. The second-order valence-electron chi connectivity index (χ2n) is 3.36. The minimum absolute atomic E-state index is 0.358. The highest BCUT2D eigenvalue weighted by atomic mass is 79.9. The van der Waals surface area contributed by atoms with E-state index in [9.17, 15) is 0 Å². The smallest absolute Gasteiger partial charge is 0.106 e. The Morgan fingerprint density at radius 1 is 1.57 bits per heavy atom. The fraction of sp³-hybridized carbons (Fsp3) is 0.400. The second kappa shape index (κ2) is 4.55. The molecule has 1 aromatic heterocycles. The predicted octanol–water partition coefficient (Wildman–Crippen LogP) is 2.50. The molecule has 3 nitrogen and oxygen atoms in total. The Kier molecular flexibility index (Phi) is 3.63. The molecule has 0 radical (unpaired) electrons. The van der Waals surface area contributed by atoms with E-state index in [0.717, 1.165) is 15.9 Å². The van der Waals surface area contributed by atoms with Crippen LogP contribution < -0.4 is 5.73 Å². The van der Waals surface area contributed by atoms with Crippen LogP contribution in [0.5, 0.6) is 0 Å². The van der Waals surface area contributed by atoms with Gasteiger partial charge in [0, 0.05) is 18.3 Å². The number of halogens is 1. The van der Waals surface area contributed by atoms with Gasteiger partial charge in [0.1, 0.15) is 4.60 Å². The molecule has 0 bridgehead atoms. The maximum Gasteiger partial charge on any atom is 0.106 e. The van der Waals surface area contributed by atoms with Crippen LogP contribution in [0.25, 0.3) is 0 Å². The second-order valence-corrected chi connectivity index (χ2v) is 4.17. The zero-order valence-electron chi connectivity index (χ0n) is 8.58. The molecule has 76 valence electrons. The van der Waals surface area contributed by atoms with Crippen molar-refractivity contribution in [2.75, 3.05) is 12.8 Å². The summed E-state index contributed by atoms with van der Waals surface area (Å²) in [5.74, 6) is 0.358. The van der Waals surface area contributed by atoms with Crippen molar-refractivity contribution in [3.05, 3.63) is 22.4 Å². The molecule has 1 heterocycles. The highest BCUT2D eigenvalue weighted by molar-refractivity contribution is 9.10. The summed E-state index contributed by atoms with van der Waals surface area (Å²) in [6, 6.07) is 1.90. The number of aliphatic imine (C=N–C) groups is 1. The van der Waals surface area contributed by atoms with Crippen molar-refractivity contribution in [2.45, 2.75) is 13.8 Å². The quantitative estimate of drug-likeness (QED) is 0.652. The third-order valence-electron chi connectivity index (χ3n) is 1.97. The van der Waals surface area contributed by atoms with Crippen LogP contribution in [0, 0.1) is 5.92 Å². The van der Waals surface area contributed by atoms with Crippen LogP contribution in [0.3, 0.4) is 0 Å². The Hall–Kier alpha value is -0.900. The monoisotopic (exact) mass is 255 g/mol. The summed E-state index contributed by atoms with van der Waals surface area (Å²) in [5, 5.41) is 0. The van der Waals surface area contributed by atoms with Crippen molar-refractivity contribution in [1.29, 1.82) is 0 Å². The first kappa shape index (κ1) is 11.2. The lowest BCUT2D eigenvalue weighted by Crippen LogP contribution is -2.12. The summed E-state index contributed by atoms with van der Waals surface area (Å²) in [6.07, 6.45) is 1.65. The standard InChI is InChI=1S/C10H14BrN3/c1-6(2)10(13-3)7-4-9(11)14-5-8(7)12/h4-6H,12H2,1-3H3. The Morgan fingerprint density at radius 2 is 2.21 bits per heavy atom. The van der Waals surface area contributed by atoms with Crippen molar-refractivity contribution in [1.82, 2.24) is 4.98 Å². The fourth-order valence-corrected chi connectivity index (χ4v) is 1.68. The third kappa shape index (κ3) is 2.32. The van der Waals surface area contributed by atoms with E-state index in [1.807, 2.05) is 6.07 Å². The number of nitrogen functional groups attached to an aromatic ring is 1. The maximum atomic E-state index is 5.84. The van der Waals surface area contributed by atoms with Crippen molar-refractivity contribution < 1.29 is 0 Å². The van der Waals surface area contributed by atoms with Gasteiger partial charge >= 0.3 is 0 Å². The van der Waals surface area contributed by atoms with Crippen LogP contribution in [0.15, 0.2) is 21.9 Å². The van der Waals surface area contributed by atoms with Gasteiger partial charge in [-0.3, -0.25) is 4.99 Å². The van der Waals surface area contributed by atoms with Crippen molar-refractivity contribution in [3.8, 4) is 0 Å². The lowest BCUT2D eigenvalue weighted by molar-refractivity contribution is 0.881. The van der Waals surface area contributed by atoms with Gasteiger partial charge in [-0.1, -0.05) is 13.8 Å². The molecule has 0 saturated heterocycles. The molecule has 0 atom stereocenters. The number of nitrogens with zero attached hydrogens (tertiary/aromatic N) is 2. The van der Waals surface area contributed by atoms with Gasteiger partial charge in [0.2, 0.25) is 0 Å². The lowest BCUT2D eigenvalue weighted by atomic mass is 10.00. The molecule has 14 heavy (non-hydrogen) atoms. The van der Waals surface area contributed by atoms with E-state index in [1.165, 1.54) is 0 Å². The van der Waals surface area contributed by atoms with E-state index in [2.05, 4.69) is 39.8 Å². The van der Waals surface area contributed by atoms with Gasteiger partial charge < -0.3 is 5.73 Å². The van der Waals surface area contributed by atoms with Crippen LogP contribution in [-0.4, -0.2) is 17.7 Å². The largest absolute Gasteiger partial charge is 0.397 e. The molecule has 0 unspecified atom stereocenters. The minimum Gasteiger partial charge on any atom is -0.397 e. The minimum atomic E-state index is 0.358. The van der Waals surface area contributed by atoms with Gasteiger partial charge in [0.15, 0.2) is 0 Å². The molecule has 0 fully saturated rings. The topological polar surface area (TPSA) is 51.3 Å². The summed E-state index contributed by atoms with van der Waals surface area (Å²) in [6.45, 7) is 4.19. The van der Waals surface area contributed by atoms with E-state index >= 15 is 0 Å². The zero-order chi connectivity index (χ0) is 10.7. The molecule has 0 spiro atoms. The van der Waals surface area contributed by atoms with E-state index in [0.29, 0.717) is 11.6 Å². The molecule has 0 aliphatic rings. The SMILES string of the molecule is CN=C(c1cc(Br)ncc1N)C(C)C. The molecule has 0 saturated carbocycles. The predicted molar refractivity (Wildman–Crippen MR) is 63.6 cm³/mol. The highest BCUT2D eigenvalue weighted by Crippen LogP contribution is 2.19. The van der Waals surface area contributed by atoms with Crippen LogP contribution in [-0.2, 0) is 0 Å². The van der Waals surface area contributed by atoms with Crippen LogP contribution in [0.4, 0.5) is 5.69 Å². The summed E-state index contributed by atoms with van der Waals surface area (Å²) in [4.78, 5) is 8.30. The van der Waals surface area contributed by atoms with Gasteiger partial charge in [-0.15, -0.1) is 0 Å². The molecule has 0 aromatic carbocycles. The summed E-state index contributed by atoms with van der Waals surface area (Å²) in [7, 11) is 1.78. The summed E-state index contributed by atoms with van der Waals surface area (Å²) >= 11 is 3.32. The molecule has 1 aromatic rings.